The highest BCUT2D eigenvalue weighted by Gasteiger charge is 2.12. The summed E-state index contributed by atoms with van der Waals surface area (Å²) in [7, 11) is 0. The highest BCUT2D eigenvalue weighted by Crippen LogP contribution is 1.94. The molecule has 0 aliphatic rings. The van der Waals surface area contributed by atoms with Gasteiger partial charge in [0.1, 0.15) is 0 Å². The minimum Gasteiger partial charge on any atom is -0.466 e. The first-order valence-corrected chi connectivity index (χ1v) is 3.71. The molecule has 1 unspecified atom stereocenters. The number of hydrogen-bond donors (Lipinski definition) is 2. The van der Waals surface area contributed by atoms with Crippen molar-refractivity contribution in [3.05, 3.63) is 0 Å². The van der Waals surface area contributed by atoms with Gasteiger partial charge in [-0.3, -0.25) is 4.79 Å². The Labute approximate surface area is 71.2 Å². The van der Waals surface area contributed by atoms with Crippen molar-refractivity contribution in [2.75, 3.05) is 6.61 Å². The molecule has 0 aromatic heterocycles. The Morgan fingerprint density at radius 3 is 2.75 bits per heavy atom. The van der Waals surface area contributed by atoms with Crippen LogP contribution < -0.4 is 5.73 Å². The van der Waals surface area contributed by atoms with Crippen LogP contribution in [0.4, 0.5) is 0 Å². The second-order valence-electron chi connectivity index (χ2n) is 2.36. The molecule has 3 N–H and O–H groups in total. The predicted octanol–water partition coefficient (Wildman–Crippen LogP) is 0.117. The van der Waals surface area contributed by atoms with Crippen molar-refractivity contribution in [2.24, 2.45) is 10.9 Å². The largest absolute Gasteiger partial charge is 0.466 e. The third-order valence-corrected chi connectivity index (χ3v) is 1.39. The van der Waals surface area contributed by atoms with Crippen LogP contribution in [0.2, 0.25) is 0 Å². The van der Waals surface area contributed by atoms with Gasteiger partial charge in [-0.2, -0.15) is 0 Å². The Bertz CT molecular complexity index is 179. The van der Waals surface area contributed by atoms with E-state index in [1.54, 1.807) is 13.8 Å². The molecule has 0 bridgehead atoms. The van der Waals surface area contributed by atoms with Crippen LogP contribution in [-0.4, -0.2) is 29.5 Å². The summed E-state index contributed by atoms with van der Waals surface area (Å²) in [5.74, 6) is -0.381. The lowest BCUT2D eigenvalue weighted by atomic mass is 10.1. The summed E-state index contributed by atoms with van der Waals surface area (Å²) >= 11 is 0. The van der Waals surface area contributed by atoms with E-state index in [1.807, 2.05) is 0 Å². The predicted molar refractivity (Wildman–Crippen MR) is 44.1 cm³/mol. The standard InChI is InChI=1S/C7H14N2O3/c1-3-12-7(10)4-6(8)5(2)9-11/h6,11H,3-4,8H2,1-2H3/b9-5+. The minimum absolute atomic E-state index is 0.0454. The van der Waals surface area contributed by atoms with E-state index in [0.29, 0.717) is 12.3 Å². The van der Waals surface area contributed by atoms with Crippen LogP contribution in [0, 0.1) is 0 Å². The number of rotatable bonds is 4. The van der Waals surface area contributed by atoms with E-state index in [9.17, 15) is 4.79 Å². The van der Waals surface area contributed by atoms with E-state index < -0.39 is 6.04 Å². The first-order chi connectivity index (χ1) is 5.61. The molecule has 12 heavy (non-hydrogen) atoms. The van der Waals surface area contributed by atoms with Crippen molar-refractivity contribution in [1.29, 1.82) is 0 Å². The fourth-order valence-electron chi connectivity index (χ4n) is 0.621. The summed E-state index contributed by atoms with van der Waals surface area (Å²) in [4.78, 5) is 10.8. The van der Waals surface area contributed by atoms with E-state index in [2.05, 4.69) is 9.89 Å². The zero-order chi connectivity index (χ0) is 9.56. The molecule has 70 valence electrons. The Kier molecular flexibility index (Phi) is 5.03. The number of nitrogens with two attached hydrogens (primary N) is 1. The summed E-state index contributed by atoms with van der Waals surface area (Å²) in [6.07, 6.45) is 0.0454. The highest BCUT2D eigenvalue weighted by atomic mass is 16.5. The molecule has 0 saturated heterocycles. The molecule has 0 aromatic carbocycles. The molecule has 0 rings (SSSR count). The third kappa shape index (κ3) is 3.92. The Morgan fingerprint density at radius 2 is 2.33 bits per heavy atom. The fraction of sp³-hybridized carbons (Fsp3) is 0.714. The molecule has 0 aromatic rings. The van der Waals surface area contributed by atoms with Crippen molar-refractivity contribution < 1.29 is 14.7 Å². The van der Waals surface area contributed by atoms with E-state index in [-0.39, 0.29) is 12.4 Å². The zero-order valence-electron chi connectivity index (χ0n) is 7.28. The van der Waals surface area contributed by atoms with Gasteiger partial charge in [-0.15, -0.1) is 0 Å². The average Bonchev–Trinajstić information content (AvgIpc) is 2.03. The van der Waals surface area contributed by atoms with E-state index in [1.165, 1.54) is 0 Å². The second kappa shape index (κ2) is 5.54. The van der Waals surface area contributed by atoms with Crippen LogP contribution in [0.1, 0.15) is 20.3 Å². The Morgan fingerprint density at radius 1 is 1.75 bits per heavy atom. The maximum absolute atomic E-state index is 10.8. The topological polar surface area (TPSA) is 84.9 Å². The lowest BCUT2D eigenvalue weighted by molar-refractivity contribution is -0.143. The molecule has 0 spiro atoms. The van der Waals surface area contributed by atoms with Crippen molar-refractivity contribution in [3.8, 4) is 0 Å². The van der Waals surface area contributed by atoms with Crippen LogP contribution >= 0.6 is 0 Å². The maximum Gasteiger partial charge on any atom is 0.307 e. The molecule has 0 heterocycles. The van der Waals surface area contributed by atoms with Crippen molar-refractivity contribution >= 4 is 11.7 Å². The molecule has 0 aliphatic heterocycles. The van der Waals surface area contributed by atoms with Crippen molar-refractivity contribution in [1.82, 2.24) is 0 Å². The quantitative estimate of drug-likeness (QED) is 0.274. The monoisotopic (exact) mass is 174 g/mol. The van der Waals surface area contributed by atoms with Crippen LogP contribution in [-0.2, 0) is 9.53 Å². The number of esters is 1. The van der Waals surface area contributed by atoms with Gasteiger partial charge in [0.25, 0.3) is 0 Å². The van der Waals surface area contributed by atoms with Gasteiger partial charge in [0.15, 0.2) is 0 Å². The second-order valence-corrected chi connectivity index (χ2v) is 2.36. The fourth-order valence-corrected chi connectivity index (χ4v) is 0.621. The average molecular weight is 174 g/mol. The van der Waals surface area contributed by atoms with E-state index >= 15 is 0 Å². The van der Waals surface area contributed by atoms with Gasteiger partial charge in [0.2, 0.25) is 0 Å². The molecule has 0 amide bonds. The molecule has 1 atom stereocenters. The molecule has 0 aliphatic carbocycles. The first-order valence-electron chi connectivity index (χ1n) is 3.71. The van der Waals surface area contributed by atoms with Gasteiger partial charge in [-0.05, 0) is 13.8 Å². The Hall–Kier alpha value is -1.10. The number of oxime groups is 1. The summed E-state index contributed by atoms with van der Waals surface area (Å²) in [6, 6.07) is -0.561. The summed E-state index contributed by atoms with van der Waals surface area (Å²) in [6.45, 7) is 3.60. The van der Waals surface area contributed by atoms with Crippen molar-refractivity contribution in [3.63, 3.8) is 0 Å². The highest BCUT2D eigenvalue weighted by molar-refractivity contribution is 5.90. The number of hydrogen-bond acceptors (Lipinski definition) is 5. The van der Waals surface area contributed by atoms with Gasteiger partial charge in [-0.25, -0.2) is 0 Å². The Balaban J connectivity index is 3.84. The number of carbonyl (C=O) groups is 1. The van der Waals surface area contributed by atoms with Gasteiger partial charge in [0, 0.05) is 0 Å². The smallest absolute Gasteiger partial charge is 0.307 e. The summed E-state index contributed by atoms with van der Waals surface area (Å²) in [5.41, 5.74) is 5.79. The van der Waals surface area contributed by atoms with Crippen LogP contribution in [0.25, 0.3) is 0 Å². The first kappa shape index (κ1) is 10.9. The number of ether oxygens (including phenoxy) is 1. The van der Waals surface area contributed by atoms with Gasteiger partial charge in [0.05, 0.1) is 24.8 Å². The van der Waals surface area contributed by atoms with Crippen molar-refractivity contribution in [2.45, 2.75) is 26.3 Å². The van der Waals surface area contributed by atoms with Crippen LogP contribution in [0.15, 0.2) is 5.16 Å². The number of nitrogens with zero attached hydrogens (tertiary/aromatic N) is 1. The molecule has 0 radical (unpaired) electrons. The van der Waals surface area contributed by atoms with Crippen LogP contribution in [0.3, 0.4) is 0 Å². The molecule has 5 nitrogen and oxygen atoms in total. The summed E-state index contributed by atoms with van der Waals surface area (Å²) < 4.78 is 4.65. The SMILES string of the molecule is CCOC(=O)CC(N)/C(C)=N/O. The van der Waals surface area contributed by atoms with Crippen LogP contribution in [0.5, 0.6) is 0 Å². The minimum atomic E-state index is -0.561. The van der Waals surface area contributed by atoms with E-state index in [0.717, 1.165) is 0 Å². The van der Waals surface area contributed by atoms with E-state index in [4.69, 9.17) is 10.9 Å². The van der Waals surface area contributed by atoms with Gasteiger partial charge >= 0.3 is 5.97 Å². The lowest BCUT2D eigenvalue weighted by Crippen LogP contribution is -2.31. The normalized spacial score (nSPS) is 14.1. The molecule has 0 saturated carbocycles. The van der Waals surface area contributed by atoms with Gasteiger partial charge in [-0.1, -0.05) is 5.16 Å². The van der Waals surface area contributed by atoms with Gasteiger partial charge < -0.3 is 15.7 Å². The molecular weight excluding hydrogens is 160 g/mol. The summed E-state index contributed by atoms with van der Waals surface area (Å²) in [5, 5.41) is 11.2. The third-order valence-electron chi connectivity index (χ3n) is 1.39. The lowest BCUT2D eigenvalue weighted by Gasteiger charge is -2.08. The zero-order valence-corrected chi connectivity index (χ0v) is 7.28. The molecule has 5 heteroatoms. The number of carbonyl (C=O) groups excluding carboxylic acids is 1. The molecule has 0 fully saturated rings. The maximum atomic E-state index is 10.8. The molecular formula is C7H14N2O3.